The van der Waals surface area contributed by atoms with E-state index in [1.165, 1.54) is 0 Å². The Balaban J connectivity index is 2.26. The molecule has 0 saturated heterocycles. The first-order valence-corrected chi connectivity index (χ1v) is 4.85. The van der Waals surface area contributed by atoms with Crippen LogP contribution >= 0.6 is 0 Å². The van der Waals surface area contributed by atoms with Gasteiger partial charge in [0.15, 0.2) is 0 Å². The molecule has 0 saturated carbocycles. The maximum atomic E-state index is 11.7. The molecule has 0 bridgehead atoms. The van der Waals surface area contributed by atoms with Crippen LogP contribution in [0.4, 0.5) is 13.6 Å². The third-order valence-corrected chi connectivity index (χ3v) is 1.77. The Morgan fingerprint density at radius 2 is 2.31 bits per heavy atom. The third kappa shape index (κ3) is 4.24. The predicted octanol–water partition coefficient (Wildman–Crippen LogP) is 1.30. The van der Waals surface area contributed by atoms with E-state index in [1.807, 2.05) is 12.2 Å². The second-order valence-electron chi connectivity index (χ2n) is 3.03. The molecule has 2 amide bonds. The minimum absolute atomic E-state index is 0.0784. The zero-order chi connectivity index (χ0) is 12.0. The van der Waals surface area contributed by atoms with Crippen molar-refractivity contribution in [3.63, 3.8) is 0 Å². The molecule has 0 atom stereocenters. The number of amides is 2. The number of halogens is 2. The molecule has 5 nitrogen and oxygen atoms in total. The fourth-order valence-corrected chi connectivity index (χ4v) is 0.981. The maximum absolute atomic E-state index is 11.7. The first-order valence-electron chi connectivity index (χ1n) is 4.85. The Morgan fingerprint density at radius 3 is 2.88 bits per heavy atom. The van der Waals surface area contributed by atoms with E-state index in [4.69, 9.17) is 4.42 Å². The summed E-state index contributed by atoms with van der Waals surface area (Å²) in [7, 11) is 0. The lowest BCUT2D eigenvalue weighted by atomic mass is 10.4. The highest BCUT2D eigenvalue weighted by Crippen LogP contribution is 2.03. The van der Waals surface area contributed by atoms with E-state index >= 15 is 0 Å². The summed E-state index contributed by atoms with van der Waals surface area (Å²) in [4.78, 5) is 14.9. The molecule has 1 heterocycles. The molecule has 0 radical (unpaired) electrons. The minimum Gasteiger partial charge on any atom is -0.444 e. The average molecular weight is 233 g/mol. The number of nitrogens with zero attached hydrogens (tertiary/aromatic N) is 1. The number of hydrogen-bond donors (Lipinski definition) is 2. The van der Waals surface area contributed by atoms with Crippen molar-refractivity contribution in [2.75, 3.05) is 6.54 Å². The van der Waals surface area contributed by atoms with Crippen molar-refractivity contribution in [2.24, 2.45) is 0 Å². The number of rotatable bonds is 5. The number of hydrogen-bond acceptors (Lipinski definition) is 3. The minimum atomic E-state index is -2.56. The lowest BCUT2D eigenvalue weighted by Crippen LogP contribution is -2.37. The lowest BCUT2D eigenvalue weighted by molar-refractivity contribution is 0.146. The Morgan fingerprint density at radius 1 is 1.56 bits per heavy atom. The smallest absolute Gasteiger partial charge is 0.315 e. The summed E-state index contributed by atoms with van der Waals surface area (Å²) in [6.07, 6.45) is -0.280. The molecular weight excluding hydrogens is 220 g/mol. The van der Waals surface area contributed by atoms with Gasteiger partial charge in [-0.15, -0.1) is 0 Å². The van der Waals surface area contributed by atoms with E-state index in [-0.39, 0.29) is 6.54 Å². The van der Waals surface area contributed by atoms with E-state index in [0.717, 1.165) is 0 Å². The Kier molecular flexibility index (Phi) is 4.68. The van der Waals surface area contributed by atoms with Crippen LogP contribution in [0.2, 0.25) is 0 Å². The van der Waals surface area contributed by atoms with Crippen molar-refractivity contribution in [3.05, 3.63) is 17.8 Å². The molecule has 0 aliphatic carbocycles. The summed E-state index contributed by atoms with van der Waals surface area (Å²) < 4.78 is 28.7. The van der Waals surface area contributed by atoms with Gasteiger partial charge in [0.1, 0.15) is 5.76 Å². The van der Waals surface area contributed by atoms with E-state index in [1.54, 1.807) is 6.20 Å². The predicted molar refractivity (Wildman–Crippen MR) is 52.1 cm³/mol. The highest BCUT2D eigenvalue weighted by Gasteiger charge is 2.07. The van der Waals surface area contributed by atoms with Gasteiger partial charge in [0, 0.05) is 6.42 Å². The number of aryl methyl sites for hydroxylation is 1. The largest absolute Gasteiger partial charge is 0.444 e. The maximum Gasteiger partial charge on any atom is 0.315 e. The molecule has 0 aliphatic rings. The van der Waals surface area contributed by atoms with Crippen molar-refractivity contribution >= 4 is 6.03 Å². The Bertz CT molecular complexity index is 341. The van der Waals surface area contributed by atoms with Crippen LogP contribution in [-0.4, -0.2) is 24.0 Å². The molecule has 1 rings (SSSR count). The number of carbonyl (C=O) groups is 1. The van der Waals surface area contributed by atoms with E-state index in [0.29, 0.717) is 18.1 Å². The SMILES string of the molecule is CCc1cnc(CNC(=O)NCC(F)F)o1. The molecule has 2 N–H and O–H groups in total. The zero-order valence-electron chi connectivity index (χ0n) is 8.80. The number of nitrogens with one attached hydrogen (secondary N) is 2. The van der Waals surface area contributed by atoms with Gasteiger partial charge in [0.2, 0.25) is 5.89 Å². The summed E-state index contributed by atoms with van der Waals surface area (Å²) in [5.74, 6) is 1.06. The van der Waals surface area contributed by atoms with Gasteiger partial charge < -0.3 is 15.1 Å². The fourth-order valence-electron chi connectivity index (χ4n) is 0.981. The van der Waals surface area contributed by atoms with Crippen LogP contribution in [0.3, 0.4) is 0 Å². The number of urea groups is 1. The first-order chi connectivity index (χ1) is 7.61. The van der Waals surface area contributed by atoms with Crippen molar-refractivity contribution in [1.29, 1.82) is 0 Å². The molecule has 16 heavy (non-hydrogen) atoms. The summed E-state index contributed by atoms with van der Waals surface area (Å²) in [5, 5.41) is 4.36. The van der Waals surface area contributed by atoms with Gasteiger partial charge >= 0.3 is 6.03 Å². The van der Waals surface area contributed by atoms with Crippen LogP contribution in [-0.2, 0) is 13.0 Å². The lowest BCUT2D eigenvalue weighted by Gasteiger charge is -2.04. The van der Waals surface area contributed by atoms with Gasteiger partial charge in [-0.05, 0) is 0 Å². The molecular formula is C9H13F2N3O2. The molecule has 1 aromatic heterocycles. The van der Waals surface area contributed by atoms with E-state index in [9.17, 15) is 13.6 Å². The molecule has 0 spiro atoms. The summed E-state index contributed by atoms with van der Waals surface area (Å²) >= 11 is 0. The normalized spacial score (nSPS) is 10.5. The zero-order valence-corrected chi connectivity index (χ0v) is 8.80. The van der Waals surface area contributed by atoms with Crippen LogP contribution in [0.5, 0.6) is 0 Å². The van der Waals surface area contributed by atoms with Crippen molar-refractivity contribution in [1.82, 2.24) is 15.6 Å². The first kappa shape index (κ1) is 12.4. The highest BCUT2D eigenvalue weighted by molar-refractivity contribution is 5.73. The number of oxazole rings is 1. The number of aromatic nitrogens is 1. The molecule has 1 aromatic rings. The number of carbonyl (C=O) groups excluding carboxylic acids is 1. The highest BCUT2D eigenvalue weighted by atomic mass is 19.3. The third-order valence-electron chi connectivity index (χ3n) is 1.77. The molecule has 7 heteroatoms. The summed E-state index contributed by atoms with van der Waals surface area (Å²) in [5.41, 5.74) is 0. The van der Waals surface area contributed by atoms with Gasteiger partial charge in [-0.3, -0.25) is 0 Å². The molecule has 0 aromatic carbocycles. The van der Waals surface area contributed by atoms with Crippen molar-refractivity contribution < 1.29 is 18.0 Å². The Hall–Kier alpha value is -1.66. The van der Waals surface area contributed by atoms with Crippen LogP contribution < -0.4 is 10.6 Å². The summed E-state index contributed by atoms with van der Waals surface area (Å²) in [6.45, 7) is 1.32. The van der Waals surface area contributed by atoms with Gasteiger partial charge in [-0.25, -0.2) is 18.6 Å². The molecule has 0 unspecified atom stereocenters. The van der Waals surface area contributed by atoms with E-state index in [2.05, 4.69) is 10.3 Å². The summed E-state index contributed by atoms with van der Waals surface area (Å²) in [6, 6.07) is -0.670. The molecule has 0 fully saturated rings. The average Bonchev–Trinajstić information content (AvgIpc) is 2.71. The fraction of sp³-hybridized carbons (Fsp3) is 0.556. The molecule has 90 valence electrons. The Labute approximate surface area is 91.2 Å². The second-order valence-corrected chi connectivity index (χ2v) is 3.03. The van der Waals surface area contributed by atoms with Gasteiger partial charge in [0.05, 0.1) is 19.3 Å². The van der Waals surface area contributed by atoms with Crippen molar-refractivity contribution in [2.45, 2.75) is 26.3 Å². The topological polar surface area (TPSA) is 67.2 Å². The van der Waals surface area contributed by atoms with E-state index < -0.39 is 19.0 Å². The standard InChI is InChI=1S/C9H13F2N3O2/c1-2-6-3-12-8(16-6)5-14-9(15)13-4-7(10)11/h3,7H,2,4-5H2,1H3,(H2,13,14,15). The monoisotopic (exact) mass is 233 g/mol. The van der Waals surface area contributed by atoms with Gasteiger partial charge in [-0.1, -0.05) is 6.92 Å². The van der Waals surface area contributed by atoms with Crippen molar-refractivity contribution in [3.8, 4) is 0 Å². The quantitative estimate of drug-likeness (QED) is 0.805. The van der Waals surface area contributed by atoms with Gasteiger partial charge in [-0.2, -0.15) is 0 Å². The molecule has 0 aliphatic heterocycles. The van der Waals surface area contributed by atoms with Crippen LogP contribution in [0.25, 0.3) is 0 Å². The van der Waals surface area contributed by atoms with Gasteiger partial charge in [0.25, 0.3) is 6.43 Å². The van der Waals surface area contributed by atoms with Crippen LogP contribution in [0.15, 0.2) is 10.6 Å². The van der Waals surface area contributed by atoms with Crippen LogP contribution in [0, 0.1) is 0 Å². The van der Waals surface area contributed by atoms with Crippen LogP contribution in [0.1, 0.15) is 18.6 Å². The second kappa shape index (κ2) is 6.04. The number of alkyl halides is 2.